The van der Waals surface area contributed by atoms with Gasteiger partial charge in [-0.25, -0.2) is 4.79 Å². The van der Waals surface area contributed by atoms with Crippen molar-refractivity contribution in [3.8, 4) is 0 Å². The molecule has 0 aromatic heterocycles. The van der Waals surface area contributed by atoms with Crippen molar-refractivity contribution in [2.24, 2.45) is 5.92 Å². The third-order valence-electron chi connectivity index (χ3n) is 8.37. The van der Waals surface area contributed by atoms with Crippen molar-refractivity contribution >= 4 is 63.1 Å². The van der Waals surface area contributed by atoms with Gasteiger partial charge in [-0.05, 0) is 22.8 Å². The molecule has 0 radical (unpaired) electrons. The Kier molecular flexibility index (Phi) is 10.7. The number of thiocarbonyl (C=S) groups is 1. The fourth-order valence-corrected chi connectivity index (χ4v) is 10.7. The third-order valence-corrected chi connectivity index (χ3v) is 13.1. The van der Waals surface area contributed by atoms with Gasteiger partial charge < -0.3 is 20.1 Å². The molecule has 3 atom stereocenters. The summed E-state index contributed by atoms with van der Waals surface area (Å²) in [7, 11) is 1.73. The molecule has 3 unspecified atom stereocenters. The number of aliphatic hydroxyl groups excluding tert-OH is 1. The fraction of sp³-hybridized carbons (Fsp3) is 0.184. The van der Waals surface area contributed by atoms with E-state index in [9.17, 15) is 19.5 Å². The number of hydrogen-bond acceptors (Lipinski definition) is 6. The van der Waals surface area contributed by atoms with Crippen LogP contribution in [0.2, 0.25) is 0 Å². The van der Waals surface area contributed by atoms with E-state index in [0.29, 0.717) is 10.6 Å². The van der Waals surface area contributed by atoms with E-state index in [2.05, 4.69) is 11.9 Å². The third kappa shape index (κ3) is 6.50. The first-order chi connectivity index (χ1) is 22.7. The lowest BCUT2D eigenvalue weighted by atomic mass is 9.79. The molecule has 9 heteroatoms. The predicted molar refractivity (Wildman–Crippen MR) is 193 cm³/mol. The number of ketones is 1. The smallest absolute Gasteiger partial charge is 0.356 e. The molecule has 5 rings (SSSR count). The lowest BCUT2D eigenvalue weighted by Crippen LogP contribution is -2.68. The van der Waals surface area contributed by atoms with Gasteiger partial charge in [0.2, 0.25) is 5.91 Å². The van der Waals surface area contributed by atoms with Crippen molar-refractivity contribution in [3.05, 3.63) is 139 Å². The van der Waals surface area contributed by atoms with Crippen LogP contribution in [-0.4, -0.2) is 63.9 Å². The molecule has 1 amide bonds. The number of nitrogens with zero attached hydrogens (tertiary/aromatic N) is 1. The second-order valence-electron chi connectivity index (χ2n) is 11.2. The number of Topliss-reactive ketones (excluding diaryl/α,β-unsaturated/α-hetero) is 1. The summed E-state index contributed by atoms with van der Waals surface area (Å²) in [5.41, 5.74) is 1.35. The van der Waals surface area contributed by atoms with Gasteiger partial charge in [0.1, 0.15) is 17.0 Å². The Bertz CT molecular complexity index is 1720. The summed E-state index contributed by atoms with van der Waals surface area (Å²) >= 11 is 5.32. The minimum atomic E-state index is -3.15. The highest BCUT2D eigenvalue weighted by Gasteiger charge is 2.55. The zero-order valence-electron chi connectivity index (χ0n) is 26.3. The van der Waals surface area contributed by atoms with Crippen LogP contribution in [0, 0.1) is 5.92 Å². The van der Waals surface area contributed by atoms with Crippen molar-refractivity contribution in [1.82, 2.24) is 10.2 Å². The number of amides is 1. The molecule has 0 bridgehead atoms. The number of rotatable bonds is 12. The molecule has 0 aliphatic carbocycles. The van der Waals surface area contributed by atoms with E-state index < -0.39 is 36.8 Å². The van der Waals surface area contributed by atoms with E-state index in [4.69, 9.17) is 17.0 Å². The summed E-state index contributed by atoms with van der Waals surface area (Å²) in [5.74, 6) is -2.26. The number of carbonyl (C=O) groups is 3. The van der Waals surface area contributed by atoms with Gasteiger partial charge in [-0.1, -0.05) is 140 Å². The predicted octanol–water partition coefficient (Wildman–Crippen LogP) is 4.22. The number of esters is 1. The first-order valence-electron chi connectivity index (χ1n) is 15.3. The molecule has 4 aromatic rings. The van der Waals surface area contributed by atoms with Gasteiger partial charge in [-0.3, -0.25) is 9.59 Å². The van der Waals surface area contributed by atoms with E-state index in [1.807, 2.05) is 91.0 Å². The van der Waals surface area contributed by atoms with E-state index in [0.717, 1.165) is 21.5 Å². The van der Waals surface area contributed by atoms with Gasteiger partial charge in [-0.15, -0.1) is 0 Å². The van der Waals surface area contributed by atoms with E-state index in [1.54, 1.807) is 31.3 Å². The molecule has 240 valence electrons. The molecule has 1 heterocycles. The minimum absolute atomic E-state index is 0.0764. The maximum absolute atomic E-state index is 14.5. The van der Waals surface area contributed by atoms with Crippen LogP contribution < -0.4 is 21.2 Å². The van der Waals surface area contributed by atoms with Crippen LogP contribution in [0.1, 0.15) is 29.3 Å². The van der Waals surface area contributed by atoms with Crippen LogP contribution in [0.25, 0.3) is 0 Å². The average Bonchev–Trinajstić information content (AvgIpc) is 3.11. The van der Waals surface area contributed by atoms with E-state index in [-0.39, 0.29) is 24.2 Å². The molecular formula is C38H37N2O5PS. The Morgan fingerprint density at radius 1 is 0.894 bits per heavy atom. The molecule has 47 heavy (non-hydrogen) atoms. The number of β-lactam (4-membered cyclic amide) rings is 1. The molecule has 7 nitrogen and oxygen atoms in total. The molecule has 1 fully saturated rings. The summed E-state index contributed by atoms with van der Waals surface area (Å²) in [6.45, 7) is 2.03. The number of carbonyl (C=O) groups excluding carboxylic acids is 3. The number of ether oxygens (including phenoxy) is 1. The van der Waals surface area contributed by atoms with Crippen molar-refractivity contribution in [3.63, 3.8) is 0 Å². The number of nitrogens with one attached hydrogen (secondary N) is 1. The van der Waals surface area contributed by atoms with Crippen molar-refractivity contribution < 1.29 is 24.2 Å². The molecule has 1 aliphatic heterocycles. The molecule has 0 spiro atoms. The summed E-state index contributed by atoms with van der Waals surface area (Å²) in [6, 6.07) is 35.0. The minimum Gasteiger partial charge on any atom is -0.457 e. The molecule has 2 N–H and O–H groups in total. The quantitative estimate of drug-likeness (QED) is 0.0585. The van der Waals surface area contributed by atoms with E-state index in [1.165, 1.54) is 17.9 Å². The lowest BCUT2D eigenvalue weighted by Gasteiger charge is -2.50. The Hall–Kier alpha value is -4.62. The zero-order valence-corrected chi connectivity index (χ0v) is 28.0. The average molecular weight is 665 g/mol. The lowest BCUT2D eigenvalue weighted by molar-refractivity contribution is -0.157. The number of hydrogen-bond donors (Lipinski definition) is 2. The second-order valence-corrected chi connectivity index (χ2v) is 14.9. The number of benzene rings is 4. The Labute approximate surface area is 280 Å². The highest BCUT2D eigenvalue weighted by atomic mass is 32.1. The van der Waals surface area contributed by atoms with Crippen LogP contribution in [0.15, 0.2) is 128 Å². The van der Waals surface area contributed by atoms with E-state index >= 15 is 0 Å². The Morgan fingerprint density at radius 2 is 1.36 bits per heavy atom. The van der Waals surface area contributed by atoms with Gasteiger partial charge in [-0.2, -0.15) is 0 Å². The number of likely N-dealkylation sites (tertiary alicyclic amines) is 1. The summed E-state index contributed by atoms with van der Waals surface area (Å²) in [5, 5.41) is 16.3. The van der Waals surface area contributed by atoms with Crippen molar-refractivity contribution in [1.29, 1.82) is 0 Å². The SMILES string of the molecule is C=CCOC(=O)C(N1C(=O)C(C(C)O)C1CC(=O)c1ccc(C(=S)NC)cc1)=P(c1ccccc1)(c1ccccc1)c1ccccc1. The van der Waals surface area contributed by atoms with Gasteiger partial charge >= 0.3 is 5.97 Å². The first-order valence-corrected chi connectivity index (χ1v) is 17.5. The Morgan fingerprint density at radius 3 is 1.79 bits per heavy atom. The first kappa shape index (κ1) is 33.7. The molecule has 0 saturated carbocycles. The highest BCUT2D eigenvalue weighted by molar-refractivity contribution is 7.96. The fourth-order valence-electron chi connectivity index (χ4n) is 6.20. The van der Waals surface area contributed by atoms with Crippen LogP contribution in [0.5, 0.6) is 0 Å². The summed E-state index contributed by atoms with van der Waals surface area (Å²) < 4.78 is 5.78. The Balaban J connectivity index is 1.79. The van der Waals surface area contributed by atoms with Crippen LogP contribution >= 0.6 is 19.1 Å². The monoisotopic (exact) mass is 664 g/mol. The van der Waals surface area contributed by atoms with Crippen LogP contribution in [-0.2, 0) is 14.3 Å². The molecular weight excluding hydrogens is 627 g/mol. The van der Waals surface area contributed by atoms with Gasteiger partial charge in [0.15, 0.2) is 5.78 Å². The normalized spacial score (nSPS) is 16.4. The summed E-state index contributed by atoms with van der Waals surface area (Å²) in [6.07, 6.45) is 0.299. The van der Waals surface area contributed by atoms with Gasteiger partial charge in [0.25, 0.3) is 0 Å². The standard InChI is InChI=1S/C38H37N2O5PS/c1-4-24-45-38(44)37(46(29-14-8-5-9-15-29,30-16-10-6-11-17-30)31-18-12-7-13-19-31)40-32(34(26(2)41)36(40)43)25-33(42)27-20-22-28(23-21-27)35(47)39-3/h4-23,26,32,34,41H,1,24-25H2,2-3H3,(H,39,47). The topological polar surface area (TPSA) is 95.9 Å². The van der Waals surface area contributed by atoms with Crippen molar-refractivity contribution in [2.75, 3.05) is 13.7 Å². The van der Waals surface area contributed by atoms with Crippen molar-refractivity contribution in [2.45, 2.75) is 25.5 Å². The van der Waals surface area contributed by atoms with Crippen LogP contribution in [0.3, 0.4) is 0 Å². The second kappa shape index (κ2) is 14.9. The van der Waals surface area contributed by atoms with Gasteiger partial charge in [0.05, 0.1) is 18.1 Å². The zero-order chi connectivity index (χ0) is 33.6. The maximum Gasteiger partial charge on any atom is 0.356 e. The maximum atomic E-state index is 14.5. The molecule has 4 aromatic carbocycles. The molecule has 1 saturated heterocycles. The van der Waals surface area contributed by atoms with Crippen LogP contribution in [0.4, 0.5) is 0 Å². The number of aliphatic hydroxyl groups is 1. The highest BCUT2D eigenvalue weighted by Crippen LogP contribution is 2.50. The summed E-state index contributed by atoms with van der Waals surface area (Å²) in [4.78, 5) is 44.6. The largest absolute Gasteiger partial charge is 0.457 e. The van der Waals surface area contributed by atoms with Gasteiger partial charge in [0, 0.05) is 31.5 Å². The molecule has 1 aliphatic rings.